The van der Waals surface area contributed by atoms with Crippen LogP contribution in [-0.4, -0.2) is 49.1 Å². The fraction of sp³-hybridized carbons (Fsp3) is 0.421. The van der Waals surface area contributed by atoms with Crippen molar-refractivity contribution in [2.45, 2.75) is 32.7 Å². The van der Waals surface area contributed by atoms with Crippen LogP contribution in [0.15, 0.2) is 27.7 Å². The zero-order valence-corrected chi connectivity index (χ0v) is 15.6. The van der Waals surface area contributed by atoms with Gasteiger partial charge >= 0.3 is 0 Å². The maximum absolute atomic E-state index is 12.8. The Morgan fingerprint density at radius 3 is 2.81 bits per heavy atom. The number of aliphatic hydroxyl groups excluding tert-OH is 1. The van der Waals surface area contributed by atoms with Crippen molar-refractivity contribution < 1.29 is 14.3 Å². The van der Waals surface area contributed by atoms with Crippen molar-refractivity contribution in [1.82, 2.24) is 18.9 Å². The maximum atomic E-state index is 12.8. The van der Waals surface area contributed by atoms with Crippen LogP contribution in [0.5, 0.6) is 0 Å². The van der Waals surface area contributed by atoms with Crippen LogP contribution in [-0.2, 0) is 7.05 Å². The summed E-state index contributed by atoms with van der Waals surface area (Å²) in [6.07, 6.45) is 5.00. The van der Waals surface area contributed by atoms with E-state index in [-0.39, 0.29) is 35.5 Å². The number of hydrogen-bond donors (Lipinski definition) is 1. The SMILES string of the molecule is Cc1cc(-c2cn3cc(C(=O)N4CCC[C@@H]4CO)nc3c(=O)n2C)c(C)o1. The first-order valence-electron chi connectivity index (χ1n) is 8.98. The van der Waals surface area contributed by atoms with E-state index in [9.17, 15) is 14.7 Å². The van der Waals surface area contributed by atoms with Gasteiger partial charge < -0.3 is 19.0 Å². The average molecular weight is 370 g/mol. The summed E-state index contributed by atoms with van der Waals surface area (Å²) in [7, 11) is 1.68. The molecule has 8 nitrogen and oxygen atoms in total. The third-order valence-electron chi connectivity index (χ3n) is 5.24. The van der Waals surface area contributed by atoms with Gasteiger partial charge in [0.1, 0.15) is 17.2 Å². The predicted octanol–water partition coefficient (Wildman–Crippen LogP) is 1.51. The molecule has 0 saturated carbocycles. The summed E-state index contributed by atoms with van der Waals surface area (Å²) in [6, 6.07) is 1.70. The number of aliphatic hydroxyl groups is 1. The van der Waals surface area contributed by atoms with Crippen LogP contribution in [0.25, 0.3) is 16.9 Å². The molecule has 4 rings (SSSR count). The second-order valence-electron chi connectivity index (χ2n) is 7.04. The lowest BCUT2D eigenvalue weighted by Gasteiger charge is -2.21. The average Bonchev–Trinajstić information content (AvgIpc) is 3.35. The highest BCUT2D eigenvalue weighted by atomic mass is 16.3. The van der Waals surface area contributed by atoms with E-state index in [1.165, 1.54) is 4.57 Å². The highest BCUT2D eigenvalue weighted by Crippen LogP contribution is 2.26. The van der Waals surface area contributed by atoms with Crippen molar-refractivity contribution in [2.75, 3.05) is 13.2 Å². The number of amides is 1. The number of nitrogens with zero attached hydrogens (tertiary/aromatic N) is 4. The number of rotatable bonds is 3. The summed E-state index contributed by atoms with van der Waals surface area (Å²) in [5, 5.41) is 9.46. The molecule has 1 atom stereocenters. The molecule has 0 spiro atoms. The molecule has 27 heavy (non-hydrogen) atoms. The number of carbonyl (C=O) groups is 1. The van der Waals surface area contributed by atoms with Crippen LogP contribution in [0.1, 0.15) is 34.9 Å². The largest absolute Gasteiger partial charge is 0.466 e. The number of hydrogen-bond acceptors (Lipinski definition) is 5. The lowest BCUT2D eigenvalue weighted by molar-refractivity contribution is 0.0672. The van der Waals surface area contributed by atoms with Gasteiger partial charge in [-0.3, -0.25) is 14.0 Å². The molecule has 8 heteroatoms. The van der Waals surface area contributed by atoms with Crippen molar-refractivity contribution in [3.63, 3.8) is 0 Å². The minimum absolute atomic E-state index is 0.0653. The van der Waals surface area contributed by atoms with Gasteiger partial charge in [0.15, 0.2) is 0 Å². The topological polar surface area (TPSA) is 93.0 Å². The Labute approximate surface area is 155 Å². The van der Waals surface area contributed by atoms with Gasteiger partial charge in [0.2, 0.25) is 5.65 Å². The Morgan fingerprint density at radius 2 is 2.15 bits per heavy atom. The van der Waals surface area contributed by atoms with Gasteiger partial charge in [0.05, 0.1) is 18.3 Å². The smallest absolute Gasteiger partial charge is 0.294 e. The van der Waals surface area contributed by atoms with Crippen molar-refractivity contribution >= 4 is 11.6 Å². The minimum Gasteiger partial charge on any atom is -0.466 e. The standard InChI is InChI=1S/C19H22N4O4/c1-11-7-14(12(2)27-11)16-9-22-8-15(20-17(22)19(26)21(16)3)18(25)23-6-4-5-13(23)10-24/h7-9,13,24H,4-6,10H2,1-3H3/t13-/m1/s1. The molecule has 3 aromatic heterocycles. The fourth-order valence-corrected chi connectivity index (χ4v) is 3.81. The normalized spacial score (nSPS) is 17.2. The molecule has 142 valence electrons. The minimum atomic E-state index is -0.287. The molecule has 1 amide bonds. The van der Waals surface area contributed by atoms with Crippen LogP contribution >= 0.6 is 0 Å². The van der Waals surface area contributed by atoms with E-state index in [4.69, 9.17) is 4.42 Å². The molecule has 0 unspecified atom stereocenters. The van der Waals surface area contributed by atoms with Gasteiger partial charge in [-0.15, -0.1) is 0 Å². The number of carbonyl (C=O) groups excluding carboxylic acids is 1. The van der Waals surface area contributed by atoms with Gasteiger partial charge in [0.25, 0.3) is 11.5 Å². The molecule has 0 aliphatic carbocycles. The first kappa shape index (κ1) is 17.5. The molecule has 1 aliphatic heterocycles. The summed E-state index contributed by atoms with van der Waals surface area (Å²) in [5.74, 6) is 1.23. The second kappa shape index (κ2) is 6.38. The molecule has 1 fully saturated rings. The zero-order valence-electron chi connectivity index (χ0n) is 15.6. The molecule has 0 radical (unpaired) electrons. The Morgan fingerprint density at radius 1 is 1.37 bits per heavy atom. The second-order valence-corrected chi connectivity index (χ2v) is 7.04. The zero-order chi connectivity index (χ0) is 19.3. The Bertz CT molecular complexity index is 1090. The van der Waals surface area contributed by atoms with Gasteiger partial charge in [-0.1, -0.05) is 0 Å². The van der Waals surface area contributed by atoms with E-state index in [0.29, 0.717) is 12.2 Å². The van der Waals surface area contributed by atoms with E-state index in [2.05, 4.69) is 4.98 Å². The van der Waals surface area contributed by atoms with Crippen LogP contribution in [0.4, 0.5) is 0 Å². The van der Waals surface area contributed by atoms with Crippen molar-refractivity contribution in [2.24, 2.45) is 7.05 Å². The third-order valence-corrected chi connectivity index (χ3v) is 5.24. The summed E-state index contributed by atoms with van der Waals surface area (Å²) in [4.78, 5) is 31.5. The molecule has 1 N–H and O–H groups in total. The van der Waals surface area contributed by atoms with E-state index in [0.717, 1.165) is 29.9 Å². The number of imidazole rings is 1. The summed E-state index contributed by atoms with van der Waals surface area (Å²) >= 11 is 0. The maximum Gasteiger partial charge on any atom is 0.294 e. The molecule has 4 heterocycles. The van der Waals surface area contributed by atoms with Crippen LogP contribution in [0, 0.1) is 13.8 Å². The number of aryl methyl sites for hydroxylation is 2. The van der Waals surface area contributed by atoms with E-state index >= 15 is 0 Å². The summed E-state index contributed by atoms with van der Waals surface area (Å²) in [6.45, 7) is 4.23. The Kier molecular flexibility index (Phi) is 4.15. The molecule has 3 aromatic rings. The van der Waals surface area contributed by atoms with E-state index < -0.39 is 0 Å². The first-order valence-corrected chi connectivity index (χ1v) is 8.98. The molecular formula is C19H22N4O4. The quantitative estimate of drug-likeness (QED) is 0.754. The number of likely N-dealkylation sites (tertiary alicyclic amines) is 1. The Hall–Kier alpha value is -2.87. The lowest BCUT2D eigenvalue weighted by atomic mass is 10.2. The van der Waals surface area contributed by atoms with Gasteiger partial charge in [0, 0.05) is 31.5 Å². The fourth-order valence-electron chi connectivity index (χ4n) is 3.81. The number of aromatic nitrogens is 3. The molecule has 1 aliphatic rings. The van der Waals surface area contributed by atoms with Gasteiger partial charge in [-0.25, -0.2) is 4.98 Å². The van der Waals surface area contributed by atoms with Crippen molar-refractivity contribution in [3.8, 4) is 11.3 Å². The van der Waals surface area contributed by atoms with Crippen LogP contribution in [0.2, 0.25) is 0 Å². The van der Waals surface area contributed by atoms with Crippen molar-refractivity contribution in [1.29, 1.82) is 0 Å². The molecule has 0 aromatic carbocycles. The Balaban J connectivity index is 1.81. The number of furan rings is 1. The number of fused-ring (bicyclic) bond motifs is 1. The predicted molar refractivity (Wildman–Crippen MR) is 98.8 cm³/mol. The highest BCUT2D eigenvalue weighted by Gasteiger charge is 2.30. The summed E-state index contributed by atoms with van der Waals surface area (Å²) < 4.78 is 8.69. The van der Waals surface area contributed by atoms with Crippen LogP contribution < -0.4 is 5.56 Å². The monoisotopic (exact) mass is 370 g/mol. The molecular weight excluding hydrogens is 348 g/mol. The van der Waals surface area contributed by atoms with Crippen LogP contribution in [0.3, 0.4) is 0 Å². The van der Waals surface area contributed by atoms with Gasteiger partial charge in [-0.05, 0) is 32.8 Å². The molecule has 0 bridgehead atoms. The van der Waals surface area contributed by atoms with E-state index in [1.54, 1.807) is 28.7 Å². The first-order chi connectivity index (χ1) is 12.9. The lowest BCUT2D eigenvalue weighted by Crippen LogP contribution is -2.37. The molecule has 1 saturated heterocycles. The highest BCUT2D eigenvalue weighted by molar-refractivity contribution is 5.93. The van der Waals surface area contributed by atoms with Crippen molar-refractivity contribution in [3.05, 3.63) is 46.0 Å². The van der Waals surface area contributed by atoms with E-state index in [1.807, 2.05) is 19.9 Å². The van der Waals surface area contributed by atoms with Gasteiger partial charge in [-0.2, -0.15) is 0 Å². The third kappa shape index (κ3) is 2.76. The summed E-state index contributed by atoms with van der Waals surface area (Å²) in [5.41, 5.74) is 1.64.